The van der Waals surface area contributed by atoms with E-state index in [2.05, 4.69) is 14.5 Å². The maximum atomic E-state index is 10.3. The lowest BCUT2D eigenvalue weighted by atomic mass is 10.8. The fraction of sp³-hybridized carbons (Fsp3) is 0.800. The maximum absolute atomic E-state index is 10.3. The molecule has 1 N–H and O–H groups in total. The van der Waals surface area contributed by atoms with Gasteiger partial charge in [0.05, 0.1) is 6.61 Å². The number of carbonyl (C=O) groups excluding carboxylic acids is 1. The Labute approximate surface area is 58.4 Å². The largest absolute Gasteiger partial charge is 0.542 e. The van der Waals surface area contributed by atoms with E-state index in [1.165, 1.54) is 6.92 Å². The molecule has 0 saturated heterocycles. The summed E-state index contributed by atoms with van der Waals surface area (Å²) in [6.07, 6.45) is -2.22. The van der Waals surface area contributed by atoms with Gasteiger partial charge in [-0.3, -0.25) is 4.89 Å². The second kappa shape index (κ2) is 5.01. The summed E-state index contributed by atoms with van der Waals surface area (Å²) in [6.45, 7) is 3.18. The molecule has 0 aromatic heterocycles. The van der Waals surface area contributed by atoms with E-state index in [1.807, 2.05) is 0 Å². The van der Waals surface area contributed by atoms with Gasteiger partial charge in [-0.05, 0) is 13.8 Å². The molecule has 0 aromatic carbocycles. The maximum Gasteiger partial charge on any atom is 0.542 e. The van der Waals surface area contributed by atoms with Crippen molar-refractivity contribution in [3.8, 4) is 0 Å². The zero-order chi connectivity index (χ0) is 7.98. The molecule has 0 saturated carbocycles. The highest BCUT2D eigenvalue weighted by Gasteiger charge is 2.07. The molecule has 0 rings (SSSR count). The van der Waals surface area contributed by atoms with E-state index in [1.54, 1.807) is 6.92 Å². The second-order valence-corrected chi connectivity index (χ2v) is 1.46. The Hall–Kier alpha value is -0.810. The molecule has 60 valence electrons. The molecule has 1 unspecified atom stereocenters. The van der Waals surface area contributed by atoms with Gasteiger partial charge in [0.25, 0.3) is 0 Å². The van der Waals surface area contributed by atoms with Crippen molar-refractivity contribution < 1.29 is 24.4 Å². The average Bonchev–Trinajstić information content (AvgIpc) is 1.82. The molecule has 0 fully saturated rings. The molecule has 0 aliphatic heterocycles. The Kier molecular flexibility index (Phi) is 4.61. The Bertz CT molecular complexity index is 100. The quantitative estimate of drug-likeness (QED) is 0.273. The van der Waals surface area contributed by atoms with E-state index >= 15 is 0 Å². The van der Waals surface area contributed by atoms with Crippen LogP contribution in [0.25, 0.3) is 0 Å². The van der Waals surface area contributed by atoms with Crippen LogP contribution in [0.2, 0.25) is 0 Å². The molecule has 5 heteroatoms. The highest BCUT2D eigenvalue weighted by Crippen LogP contribution is 1.90. The molecule has 1 atom stereocenters. The van der Waals surface area contributed by atoms with Crippen molar-refractivity contribution in [3.05, 3.63) is 0 Å². The van der Waals surface area contributed by atoms with Gasteiger partial charge in [0, 0.05) is 0 Å². The van der Waals surface area contributed by atoms with Crippen LogP contribution in [0.15, 0.2) is 0 Å². The van der Waals surface area contributed by atoms with Gasteiger partial charge >= 0.3 is 6.16 Å². The number of carbonyl (C=O) groups is 1. The lowest BCUT2D eigenvalue weighted by Gasteiger charge is -2.04. The lowest BCUT2D eigenvalue weighted by molar-refractivity contribution is -0.260. The molecule has 0 radical (unpaired) electrons. The second-order valence-electron chi connectivity index (χ2n) is 1.46. The number of ether oxygens (including phenoxy) is 1. The first-order chi connectivity index (χ1) is 4.66. The van der Waals surface area contributed by atoms with Crippen molar-refractivity contribution in [1.29, 1.82) is 0 Å². The van der Waals surface area contributed by atoms with Crippen LogP contribution in [0.1, 0.15) is 13.8 Å². The van der Waals surface area contributed by atoms with Gasteiger partial charge in [-0.25, -0.2) is 4.79 Å². The molecule has 10 heavy (non-hydrogen) atoms. The number of rotatable bonds is 3. The highest BCUT2D eigenvalue weighted by molar-refractivity contribution is 5.58. The van der Waals surface area contributed by atoms with Gasteiger partial charge in [0.1, 0.15) is 0 Å². The highest BCUT2D eigenvalue weighted by atomic mass is 17.2. The van der Waals surface area contributed by atoms with E-state index in [9.17, 15) is 4.79 Å². The number of hydrogen-bond donors (Lipinski definition) is 1. The van der Waals surface area contributed by atoms with Crippen molar-refractivity contribution in [1.82, 2.24) is 0 Å². The van der Waals surface area contributed by atoms with Crippen LogP contribution in [0, 0.1) is 0 Å². The molecule has 0 bridgehead atoms. The topological polar surface area (TPSA) is 65.0 Å². The van der Waals surface area contributed by atoms with E-state index < -0.39 is 12.4 Å². The van der Waals surface area contributed by atoms with Gasteiger partial charge in [-0.2, -0.15) is 4.89 Å². The summed E-state index contributed by atoms with van der Waals surface area (Å²) in [6, 6.07) is 0. The summed E-state index contributed by atoms with van der Waals surface area (Å²) < 4.78 is 4.12. The Balaban J connectivity index is 3.26. The fourth-order valence-corrected chi connectivity index (χ4v) is 0.266. The van der Waals surface area contributed by atoms with Crippen LogP contribution in [-0.2, 0) is 14.5 Å². The number of hydrogen-bond acceptors (Lipinski definition) is 5. The predicted molar refractivity (Wildman–Crippen MR) is 30.9 cm³/mol. The minimum absolute atomic E-state index is 0.245. The Morgan fingerprint density at radius 3 is 2.70 bits per heavy atom. The minimum atomic E-state index is -1.17. The van der Waals surface area contributed by atoms with Crippen LogP contribution in [-0.4, -0.2) is 24.2 Å². The van der Waals surface area contributed by atoms with Gasteiger partial charge in [-0.1, -0.05) is 0 Å². The van der Waals surface area contributed by atoms with Crippen LogP contribution >= 0.6 is 0 Å². The van der Waals surface area contributed by atoms with Crippen molar-refractivity contribution >= 4 is 6.16 Å². The summed E-state index contributed by atoms with van der Waals surface area (Å²) in [5.41, 5.74) is 0. The zero-order valence-electron chi connectivity index (χ0n) is 5.86. The molecular weight excluding hydrogens is 140 g/mol. The van der Waals surface area contributed by atoms with Crippen LogP contribution < -0.4 is 0 Å². The van der Waals surface area contributed by atoms with Crippen LogP contribution in [0.4, 0.5) is 4.79 Å². The van der Waals surface area contributed by atoms with Gasteiger partial charge in [-0.15, -0.1) is 0 Å². The summed E-state index contributed by atoms with van der Waals surface area (Å²) in [5.74, 6) is 0. The molecule has 0 aliphatic carbocycles. The molecule has 0 aromatic rings. The summed E-state index contributed by atoms with van der Waals surface area (Å²) in [4.78, 5) is 18.5. The van der Waals surface area contributed by atoms with E-state index in [0.29, 0.717) is 0 Å². The third-order valence-electron chi connectivity index (χ3n) is 0.512. The standard InChI is InChI=1S/C5H10O5/c1-3-8-10-5(7)9-4(2)6/h4,6H,3H2,1-2H3. The lowest BCUT2D eigenvalue weighted by Crippen LogP contribution is -2.15. The first kappa shape index (κ1) is 9.19. The SMILES string of the molecule is CCOOC(=O)OC(C)O. The van der Waals surface area contributed by atoms with E-state index in [4.69, 9.17) is 5.11 Å². The summed E-state index contributed by atoms with van der Waals surface area (Å²) >= 11 is 0. The number of aliphatic hydroxyl groups is 1. The smallest absolute Gasteiger partial charge is 0.403 e. The fourth-order valence-electron chi connectivity index (χ4n) is 0.266. The summed E-state index contributed by atoms with van der Waals surface area (Å²) in [5, 5.41) is 8.44. The van der Waals surface area contributed by atoms with E-state index in [0.717, 1.165) is 0 Å². The zero-order valence-corrected chi connectivity index (χ0v) is 5.86. The van der Waals surface area contributed by atoms with Gasteiger partial charge in [0.15, 0.2) is 0 Å². The first-order valence-electron chi connectivity index (χ1n) is 2.85. The van der Waals surface area contributed by atoms with E-state index in [-0.39, 0.29) is 6.61 Å². The monoisotopic (exact) mass is 150 g/mol. The van der Waals surface area contributed by atoms with Crippen LogP contribution in [0.5, 0.6) is 0 Å². The third-order valence-corrected chi connectivity index (χ3v) is 0.512. The Morgan fingerprint density at radius 2 is 2.30 bits per heavy atom. The van der Waals surface area contributed by atoms with Crippen LogP contribution in [0.3, 0.4) is 0 Å². The average molecular weight is 150 g/mol. The molecule has 0 heterocycles. The predicted octanol–water partition coefficient (Wildman–Crippen LogP) is 0.429. The molecule has 0 aliphatic rings. The van der Waals surface area contributed by atoms with Crippen molar-refractivity contribution in [3.63, 3.8) is 0 Å². The molecule has 0 spiro atoms. The first-order valence-corrected chi connectivity index (χ1v) is 2.85. The normalized spacial score (nSPS) is 12.3. The van der Waals surface area contributed by atoms with Crippen molar-refractivity contribution in [2.75, 3.05) is 6.61 Å². The minimum Gasteiger partial charge on any atom is -0.403 e. The molecular formula is C5H10O5. The molecule has 0 amide bonds. The summed E-state index contributed by atoms with van der Waals surface area (Å²) in [7, 11) is 0. The molecule has 5 nitrogen and oxygen atoms in total. The van der Waals surface area contributed by atoms with Crippen molar-refractivity contribution in [2.24, 2.45) is 0 Å². The van der Waals surface area contributed by atoms with Gasteiger partial charge < -0.3 is 9.84 Å². The number of aliphatic hydroxyl groups excluding tert-OH is 1. The third kappa shape index (κ3) is 5.33. The van der Waals surface area contributed by atoms with Crippen molar-refractivity contribution in [2.45, 2.75) is 20.1 Å². The Morgan fingerprint density at radius 1 is 1.70 bits per heavy atom. The van der Waals surface area contributed by atoms with Gasteiger partial charge in [0.2, 0.25) is 6.29 Å².